The van der Waals surface area contributed by atoms with E-state index in [1.807, 2.05) is 24.3 Å². The molecule has 98 valence electrons. The summed E-state index contributed by atoms with van der Waals surface area (Å²) >= 11 is 0. The van der Waals surface area contributed by atoms with Gasteiger partial charge in [-0.2, -0.15) is 10.2 Å². The summed E-state index contributed by atoms with van der Waals surface area (Å²) in [5.74, 6) is 0.523. The maximum atomic E-state index is 11.8. The molecule has 0 spiro atoms. The van der Waals surface area contributed by atoms with Crippen molar-refractivity contribution in [2.24, 2.45) is 7.05 Å². The van der Waals surface area contributed by atoms with Crippen LogP contribution in [0, 0.1) is 0 Å². The molecular formula is C13H14N4O2. The second-order valence-corrected chi connectivity index (χ2v) is 4.37. The van der Waals surface area contributed by atoms with Crippen LogP contribution in [0.3, 0.4) is 0 Å². The van der Waals surface area contributed by atoms with Gasteiger partial charge in [0, 0.05) is 18.7 Å². The lowest BCUT2D eigenvalue weighted by Gasteiger charge is -2.16. The van der Waals surface area contributed by atoms with Crippen LogP contribution in [-0.4, -0.2) is 22.3 Å². The fourth-order valence-electron chi connectivity index (χ4n) is 2.08. The summed E-state index contributed by atoms with van der Waals surface area (Å²) in [5.41, 5.74) is 8.04. The van der Waals surface area contributed by atoms with Crippen LogP contribution < -0.4 is 10.8 Å². The molecule has 0 unspecified atom stereocenters. The number of aryl methyl sites for hydroxylation is 1. The Morgan fingerprint density at radius 1 is 1.37 bits per heavy atom. The predicted molar refractivity (Wildman–Crippen MR) is 71.1 cm³/mol. The average Bonchev–Trinajstić information content (AvgIpc) is 2.97. The third-order valence-corrected chi connectivity index (χ3v) is 3.08. The third-order valence-electron chi connectivity index (χ3n) is 3.08. The van der Waals surface area contributed by atoms with Crippen molar-refractivity contribution in [1.29, 1.82) is 0 Å². The molecule has 19 heavy (non-hydrogen) atoms. The molecule has 1 saturated heterocycles. The largest absolute Gasteiger partial charge is 0.384 e. The highest BCUT2D eigenvalue weighted by Crippen LogP contribution is 2.32. The summed E-state index contributed by atoms with van der Waals surface area (Å²) in [7, 11) is 1.78. The Balaban J connectivity index is 2.09. The Morgan fingerprint density at radius 2 is 2.16 bits per heavy atom. The first kappa shape index (κ1) is 11.7. The van der Waals surface area contributed by atoms with Crippen LogP contribution in [-0.2, 0) is 16.7 Å². The zero-order valence-electron chi connectivity index (χ0n) is 10.5. The monoisotopic (exact) mass is 258 g/mol. The van der Waals surface area contributed by atoms with E-state index >= 15 is 0 Å². The molecule has 1 aromatic carbocycles. The summed E-state index contributed by atoms with van der Waals surface area (Å²) in [5, 5.41) is 5.67. The minimum Gasteiger partial charge on any atom is -0.384 e. The van der Waals surface area contributed by atoms with Crippen molar-refractivity contribution >= 4 is 17.4 Å². The van der Waals surface area contributed by atoms with Gasteiger partial charge in [-0.05, 0) is 6.07 Å². The van der Waals surface area contributed by atoms with Crippen molar-refractivity contribution in [1.82, 2.24) is 9.78 Å². The van der Waals surface area contributed by atoms with Crippen molar-refractivity contribution < 1.29 is 9.63 Å². The molecule has 1 aliphatic rings. The maximum Gasteiger partial charge on any atom is 0.253 e. The molecule has 0 saturated carbocycles. The number of nitrogen functional groups attached to an aromatic ring is 1. The van der Waals surface area contributed by atoms with Gasteiger partial charge in [0.15, 0.2) is 0 Å². The molecule has 1 aromatic heterocycles. The second-order valence-electron chi connectivity index (χ2n) is 4.37. The summed E-state index contributed by atoms with van der Waals surface area (Å²) in [4.78, 5) is 17.1. The van der Waals surface area contributed by atoms with Crippen molar-refractivity contribution in [3.05, 3.63) is 30.3 Å². The van der Waals surface area contributed by atoms with Gasteiger partial charge in [0.2, 0.25) is 0 Å². The number of nitrogens with zero attached hydrogens (tertiary/aromatic N) is 3. The second kappa shape index (κ2) is 4.40. The number of benzene rings is 1. The molecule has 1 aliphatic heterocycles. The molecular weight excluding hydrogens is 244 g/mol. The zero-order valence-corrected chi connectivity index (χ0v) is 10.5. The van der Waals surface area contributed by atoms with Gasteiger partial charge in [0.25, 0.3) is 5.91 Å². The first-order valence-electron chi connectivity index (χ1n) is 6.01. The van der Waals surface area contributed by atoms with E-state index < -0.39 is 0 Å². The van der Waals surface area contributed by atoms with Crippen LogP contribution in [0.5, 0.6) is 0 Å². The maximum absolute atomic E-state index is 11.8. The highest BCUT2D eigenvalue weighted by molar-refractivity contribution is 5.96. The molecule has 2 aromatic rings. The fourth-order valence-corrected chi connectivity index (χ4v) is 2.08. The van der Waals surface area contributed by atoms with Crippen LogP contribution in [0.4, 0.5) is 11.5 Å². The Bertz CT molecular complexity index is 616. The Labute approximate surface area is 110 Å². The van der Waals surface area contributed by atoms with E-state index in [9.17, 15) is 4.79 Å². The van der Waals surface area contributed by atoms with Gasteiger partial charge in [0.05, 0.1) is 24.4 Å². The Hall–Kier alpha value is -2.34. The molecule has 3 rings (SSSR count). The number of nitrogens with two attached hydrogens (primary N) is 1. The predicted octanol–water partition coefficient (Wildman–Crippen LogP) is 1.34. The first-order chi connectivity index (χ1) is 9.16. The standard InChI is InChI=1S/C13H14N4O2/c1-16-12(14)8-10(15-16)9-4-2-3-5-11(9)17-13(18)6-7-19-17/h2-5,8H,6-7,14H2,1H3. The van der Waals surface area contributed by atoms with E-state index in [4.69, 9.17) is 10.6 Å². The van der Waals surface area contributed by atoms with Gasteiger partial charge >= 0.3 is 0 Å². The summed E-state index contributed by atoms with van der Waals surface area (Å²) < 4.78 is 1.60. The van der Waals surface area contributed by atoms with E-state index in [1.165, 1.54) is 5.06 Å². The number of rotatable bonds is 2. The van der Waals surface area contributed by atoms with Gasteiger partial charge in [-0.15, -0.1) is 0 Å². The minimum absolute atomic E-state index is 0.0450. The number of carbonyl (C=O) groups excluding carboxylic acids is 1. The number of hydrogen-bond donors (Lipinski definition) is 1. The van der Waals surface area contributed by atoms with E-state index in [0.29, 0.717) is 24.5 Å². The van der Waals surface area contributed by atoms with Crippen LogP contribution in [0.15, 0.2) is 30.3 Å². The molecule has 1 amide bonds. The molecule has 6 nitrogen and oxygen atoms in total. The van der Waals surface area contributed by atoms with Crippen LogP contribution >= 0.6 is 0 Å². The van der Waals surface area contributed by atoms with Gasteiger partial charge in [-0.25, -0.2) is 0 Å². The summed E-state index contributed by atoms with van der Waals surface area (Å²) in [6, 6.07) is 9.26. The highest BCUT2D eigenvalue weighted by Gasteiger charge is 2.26. The SMILES string of the molecule is Cn1nc(-c2ccccc2N2OCCC2=O)cc1N. The Kier molecular flexibility index (Phi) is 2.72. The number of carbonyl (C=O) groups is 1. The molecule has 0 radical (unpaired) electrons. The Morgan fingerprint density at radius 3 is 2.79 bits per heavy atom. The molecule has 0 aliphatic carbocycles. The lowest BCUT2D eigenvalue weighted by atomic mass is 10.1. The van der Waals surface area contributed by atoms with E-state index in [2.05, 4.69) is 5.10 Å². The number of anilines is 2. The smallest absolute Gasteiger partial charge is 0.253 e. The number of aromatic nitrogens is 2. The van der Waals surface area contributed by atoms with Crippen LogP contribution in [0.25, 0.3) is 11.3 Å². The molecule has 2 N–H and O–H groups in total. The topological polar surface area (TPSA) is 73.4 Å². The van der Waals surface area contributed by atoms with Gasteiger partial charge in [-0.1, -0.05) is 18.2 Å². The van der Waals surface area contributed by atoms with Crippen molar-refractivity contribution in [3.63, 3.8) is 0 Å². The van der Waals surface area contributed by atoms with Crippen LogP contribution in [0.1, 0.15) is 6.42 Å². The number of amides is 1. The summed E-state index contributed by atoms with van der Waals surface area (Å²) in [6.45, 7) is 0.414. The van der Waals surface area contributed by atoms with E-state index in [1.54, 1.807) is 17.8 Å². The normalized spacial score (nSPS) is 15.2. The minimum atomic E-state index is -0.0450. The first-order valence-corrected chi connectivity index (χ1v) is 6.01. The van der Waals surface area contributed by atoms with Crippen molar-refractivity contribution in [2.45, 2.75) is 6.42 Å². The quantitative estimate of drug-likeness (QED) is 0.882. The van der Waals surface area contributed by atoms with Gasteiger partial charge < -0.3 is 5.73 Å². The molecule has 6 heteroatoms. The summed E-state index contributed by atoms with van der Waals surface area (Å²) in [6.07, 6.45) is 0.401. The molecule has 2 heterocycles. The molecule has 1 fully saturated rings. The van der Waals surface area contributed by atoms with Gasteiger partial charge in [0.1, 0.15) is 5.82 Å². The third kappa shape index (κ3) is 1.96. The lowest BCUT2D eigenvalue weighted by molar-refractivity contribution is -0.119. The van der Waals surface area contributed by atoms with Gasteiger partial charge in [-0.3, -0.25) is 14.3 Å². The number of hydroxylamine groups is 1. The van der Waals surface area contributed by atoms with Crippen molar-refractivity contribution in [3.8, 4) is 11.3 Å². The molecule has 0 bridgehead atoms. The van der Waals surface area contributed by atoms with Crippen LogP contribution in [0.2, 0.25) is 0 Å². The zero-order chi connectivity index (χ0) is 13.4. The fraction of sp³-hybridized carbons (Fsp3) is 0.231. The van der Waals surface area contributed by atoms with Crippen molar-refractivity contribution in [2.75, 3.05) is 17.4 Å². The molecule has 0 atom stereocenters. The van der Waals surface area contributed by atoms with E-state index in [0.717, 1.165) is 11.3 Å². The lowest BCUT2D eigenvalue weighted by Crippen LogP contribution is -2.22. The number of hydrogen-bond acceptors (Lipinski definition) is 4. The number of para-hydroxylation sites is 1. The highest BCUT2D eigenvalue weighted by atomic mass is 16.7. The average molecular weight is 258 g/mol. The van der Waals surface area contributed by atoms with E-state index in [-0.39, 0.29) is 5.91 Å².